The van der Waals surface area contributed by atoms with Gasteiger partial charge in [-0.1, -0.05) is 53.9 Å². The fourth-order valence-corrected chi connectivity index (χ4v) is 2.21. The molecule has 3 heteroatoms. The Bertz CT molecular complexity index is 479. The summed E-state index contributed by atoms with van der Waals surface area (Å²) in [7, 11) is 0. The second kappa shape index (κ2) is 8.34. The van der Waals surface area contributed by atoms with E-state index in [1.54, 1.807) is 0 Å². The first kappa shape index (κ1) is 16.2. The summed E-state index contributed by atoms with van der Waals surface area (Å²) >= 11 is 3.44. The van der Waals surface area contributed by atoms with Crippen LogP contribution < -0.4 is 0 Å². The van der Waals surface area contributed by atoms with Gasteiger partial charge in [0, 0.05) is 16.2 Å². The fourth-order valence-electron chi connectivity index (χ4n) is 1.94. The SMILES string of the molecule is CCCCCc1ccc(-c2ccc(Br)cc2)nc1.Cl. The van der Waals surface area contributed by atoms with E-state index < -0.39 is 0 Å². The second-order valence-electron chi connectivity index (χ2n) is 4.52. The maximum atomic E-state index is 4.54. The molecule has 0 fully saturated rings. The van der Waals surface area contributed by atoms with Gasteiger partial charge >= 0.3 is 0 Å². The predicted octanol–water partition coefficient (Wildman–Crippen LogP) is 5.67. The van der Waals surface area contributed by atoms with Gasteiger partial charge in [-0.15, -0.1) is 12.4 Å². The summed E-state index contributed by atoms with van der Waals surface area (Å²) in [5.74, 6) is 0. The van der Waals surface area contributed by atoms with Crippen LogP contribution in [0.3, 0.4) is 0 Å². The van der Waals surface area contributed by atoms with Crippen molar-refractivity contribution in [2.45, 2.75) is 32.6 Å². The summed E-state index contributed by atoms with van der Waals surface area (Å²) in [6.07, 6.45) is 6.98. The highest BCUT2D eigenvalue weighted by Crippen LogP contribution is 2.20. The van der Waals surface area contributed by atoms with Gasteiger partial charge in [-0.2, -0.15) is 0 Å². The molecule has 102 valence electrons. The Morgan fingerprint density at radius 1 is 1.00 bits per heavy atom. The zero-order chi connectivity index (χ0) is 12.8. The minimum Gasteiger partial charge on any atom is -0.256 e. The number of pyridine rings is 1. The average Bonchev–Trinajstić information content (AvgIpc) is 2.41. The molecule has 0 radical (unpaired) electrons. The van der Waals surface area contributed by atoms with Crippen molar-refractivity contribution in [3.63, 3.8) is 0 Å². The Kier molecular flexibility index (Phi) is 7.11. The lowest BCUT2D eigenvalue weighted by Crippen LogP contribution is -1.89. The van der Waals surface area contributed by atoms with Crippen LogP contribution in [0.2, 0.25) is 0 Å². The van der Waals surface area contributed by atoms with E-state index in [-0.39, 0.29) is 12.4 Å². The van der Waals surface area contributed by atoms with Gasteiger partial charge in [0.25, 0.3) is 0 Å². The molecule has 2 rings (SSSR count). The van der Waals surface area contributed by atoms with E-state index in [9.17, 15) is 0 Å². The highest BCUT2D eigenvalue weighted by molar-refractivity contribution is 9.10. The Morgan fingerprint density at radius 2 is 1.74 bits per heavy atom. The van der Waals surface area contributed by atoms with Crippen LogP contribution >= 0.6 is 28.3 Å². The third-order valence-corrected chi connectivity index (χ3v) is 3.56. The Balaban J connectivity index is 0.00000180. The quantitative estimate of drug-likeness (QED) is 0.639. The molecule has 0 spiro atoms. The summed E-state index contributed by atoms with van der Waals surface area (Å²) in [4.78, 5) is 4.54. The van der Waals surface area contributed by atoms with Crippen LogP contribution in [0.1, 0.15) is 31.7 Å². The van der Waals surface area contributed by atoms with E-state index >= 15 is 0 Å². The molecule has 1 aromatic heterocycles. The van der Waals surface area contributed by atoms with Crippen LogP contribution in [-0.4, -0.2) is 4.98 Å². The molecule has 1 nitrogen and oxygen atoms in total. The van der Waals surface area contributed by atoms with Crippen LogP contribution in [-0.2, 0) is 6.42 Å². The summed E-state index contributed by atoms with van der Waals surface area (Å²) < 4.78 is 1.10. The summed E-state index contributed by atoms with van der Waals surface area (Å²) in [6.45, 7) is 2.23. The zero-order valence-corrected chi connectivity index (χ0v) is 13.5. The minimum absolute atomic E-state index is 0. The molecule has 2 aromatic rings. The molecule has 0 saturated carbocycles. The van der Waals surface area contributed by atoms with E-state index in [1.165, 1.54) is 30.4 Å². The summed E-state index contributed by atoms with van der Waals surface area (Å²) in [6, 6.07) is 12.6. The summed E-state index contributed by atoms with van der Waals surface area (Å²) in [5.41, 5.74) is 3.55. The van der Waals surface area contributed by atoms with Crippen molar-refractivity contribution >= 4 is 28.3 Å². The number of nitrogens with zero attached hydrogens (tertiary/aromatic N) is 1. The Labute approximate surface area is 130 Å². The number of aromatic nitrogens is 1. The number of rotatable bonds is 5. The third-order valence-electron chi connectivity index (χ3n) is 3.03. The van der Waals surface area contributed by atoms with Crippen LogP contribution in [0.15, 0.2) is 47.1 Å². The summed E-state index contributed by atoms with van der Waals surface area (Å²) in [5, 5.41) is 0. The molecular weight excluding hydrogens is 322 g/mol. The molecule has 0 bridgehead atoms. The highest BCUT2D eigenvalue weighted by atomic mass is 79.9. The molecule has 0 amide bonds. The largest absolute Gasteiger partial charge is 0.256 e. The van der Waals surface area contributed by atoms with Gasteiger partial charge in [0.05, 0.1) is 5.69 Å². The van der Waals surface area contributed by atoms with E-state index in [0.29, 0.717) is 0 Å². The first-order chi connectivity index (χ1) is 8.79. The van der Waals surface area contributed by atoms with Crippen LogP contribution in [0.4, 0.5) is 0 Å². The van der Waals surface area contributed by atoms with E-state index in [0.717, 1.165) is 16.6 Å². The number of aryl methyl sites for hydroxylation is 1. The number of benzene rings is 1. The van der Waals surface area contributed by atoms with Crippen LogP contribution in [0.5, 0.6) is 0 Å². The molecule has 0 atom stereocenters. The fraction of sp³-hybridized carbons (Fsp3) is 0.312. The van der Waals surface area contributed by atoms with E-state index in [1.807, 2.05) is 18.3 Å². The Morgan fingerprint density at radius 3 is 2.32 bits per heavy atom. The van der Waals surface area contributed by atoms with E-state index in [2.05, 4.69) is 52.1 Å². The molecule has 0 unspecified atom stereocenters. The predicted molar refractivity (Wildman–Crippen MR) is 87.9 cm³/mol. The first-order valence-corrected chi connectivity index (χ1v) is 7.30. The maximum absolute atomic E-state index is 4.54. The minimum atomic E-state index is 0. The van der Waals surface area contributed by atoms with Crippen molar-refractivity contribution in [1.29, 1.82) is 0 Å². The number of halogens is 2. The number of hydrogen-bond donors (Lipinski definition) is 0. The molecular formula is C16H19BrClN. The maximum Gasteiger partial charge on any atom is 0.0702 e. The van der Waals surface area contributed by atoms with Gasteiger partial charge in [0.1, 0.15) is 0 Å². The van der Waals surface area contributed by atoms with Gasteiger partial charge in [0.15, 0.2) is 0 Å². The second-order valence-corrected chi connectivity index (χ2v) is 5.43. The molecule has 0 saturated heterocycles. The highest BCUT2D eigenvalue weighted by Gasteiger charge is 1.99. The lowest BCUT2D eigenvalue weighted by Gasteiger charge is -2.04. The molecule has 0 aliphatic carbocycles. The molecule has 1 heterocycles. The monoisotopic (exact) mass is 339 g/mol. The smallest absolute Gasteiger partial charge is 0.0702 e. The lowest BCUT2D eigenvalue weighted by atomic mass is 10.1. The molecule has 0 aliphatic rings. The van der Waals surface area contributed by atoms with Crippen molar-refractivity contribution in [3.05, 3.63) is 52.6 Å². The average molecular weight is 341 g/mol. The van der Waals surface area contributed by atoms with Gasteiger partial charge in [-0.05, 0) is 36.6 Å². The molecule has 19 heavy (non-hydrogen) atoms. The molecule has 0 N–H and O–H groups in total. The Hall–Kier alpha value is -0.860. The first-order valence-electron chi connectivity index (χ1n) is 6.50. The van der Waals surface area contributed by atoms with Gasteiger partial charge in [0.2, 0.25) is 0 Å². The third kappa shape index (κ3) is 4.96. The van der Waals surface area contributed by atoms with Crippen molar-refractivity contribution in [3.8, 4) is 11.3 Å². The normalized spacial score (nSPS) is 10.0. The van der Waals surface area contributed by atoms with E-state index in [4.69, 9.17) is 0 Å². The van der Waals surface area contributed by atoms with Gasteiger partial charge in [-0.25, -0.2) is 0 Å². The standard InChI is InChI=1S/C16H18BrN.ClH/c1-2-3-4-5-13-6-11-16(18-12-13)14-7-9-15(17)10-8-14;/h6-12H,2-5H2,1H3;1H. The zero-order valence-electron chi connectivity index (χ0n) is 11.1. The van der Waals surface area contributed by atoms with Crippen molar-refractivity contribution in [2.75, 3.05) is 0 Å². The van der Waals surface area contributed by atoms with Crippen molar-refractivity contribution in [1.82, 2.24) is 4.98 Å². The molecule has 1 aromatic carbocycles. The van der Waals surface area contributed by atoms with Gasteiger partial charge < -0.3 is 0 Å². The van der Waals surface area contributed by atoms with Crippen molar-refractivity contribution in [2.24, 2.45) is 0 Å². The van der Waals surface area contributed by atoms with Crippen LogP contribution in [0, 0.1) is 0 Å². The van der Waals surface area contributed by atoms with Crippen LogP contribution in [0.25, 0.3) is 11.3 Å². The topological polar surface area (TPSA) is 12.9 Å². The lowest BCUT2D eigenvalue weighted by molar-refractivity contribution is 0.716. The van der Waals surface area contributed by atoms with Crippen molar-refractivity contribution < 1.29 is 0 Å². The molecule has 0 aliphatic heterocycles. The number of unbranched alkanes of at least 4 members (excludes halogenated alkanes) is 2. The number of hydrogen-bond acceptors (Lipinski definition) is 1. The van der Waals surface area contributed by atoms with Gasteiger partial charge in [-0.3, -0.25) is 4.98 Å².